The molecule has 96 valence electrons. The molecule has 0 spiro atoms. The zero-order chi connectivity index (χ0) is 13.1. The van der Waals surface area contributed by atoms with Crippen LogP contribution in [0.1, 0.15) is 50.3 Å². The van der Waals surface area contributed by atoms with E-state index in [1.54, 1.807) is 6.07 Å². The number of aromatic nitrogens is 2. The SMILES string of the molecule is CC[C@H](c1cccc(O)c1)n1cc(C(C)C)cn1. The van der Waals surface area contributed by atoms with Gasteiger partial charge >= 0.3 is 0 Å². The lowest BCUT2D eigenvalue weighted by Crippen LogP contribution is -2.10. The third kappa shape index (κ3) is 2.55. The molecule has 1 aromatic carbocycles. The zero-order valence-electron chi connectivity index (χ0n) is 11.2. The summed E-state index contributed by atoms with van der Waals surface area (Å²) in [6.07, 6.45) is 4.97. The molecule has 3 nitrogen and oxygen atoms in total. The highest BCUT2D eigenvalue weighted by molar-refractivity contribution is 5.30. The Morgan fingerprint density at radius 3 is 2.61 bits per heavy atom. The van der Waals surface area contributed by atoms with Gasteiger partial charge in [0.05, 0.1) is 12.2 Å². The van der Waals surface area contributed by atoms with Gasteiger partial charge in [0.15, 0.2) is 0 Å². The predicted octanol–water partition coefficient (Wildman–Crippen LogP) is 3.71. The molecule has 0 radical (unpaired) electrons. The summed E-state index contributed by atoms with van der Waals surface area (Å²) in [5.74, 6) is 0.794. The molecule has 0 aliphatic heterocycles. The zero-order valence-corrected chi connectivity index (χ0v) is 11.2. The van der Waals surface area contributed by atoms with E-state index in [9.17, 15) is 5.11 Å². The first-order chi connectivity index (χ1) is 8.61. The van der Waals surface area contributed by atoms with Crippen molar-refractivity contribution in [2.45, 2.75) is 39.2 Å². The lowest BCUT2D eigenvalue weighted by molar-refractivity contribution is 0.467. The lowest BCUT2D eigenvalue weighted by Gasteiger charge is -2.16. The number of benzene rings is 1. The normalized spacial score (nSPS) is 12.9. The van der Waals surface area contributed by atoms with Gasteiger partial charge in [0.2, 0.25) is 0 Å². The van der Waals surface area contributed by atoms with E-state index < -0.39 is 0 Å². The average Bonchev–Trinajstić information content (AvgIpc) is 2.80. The van der Waals surface area contributed by atoms with Gasteiger partial charge in [-0.05, 0) is 35.6 Å². The van der Waals surface area contributed by atoms with Gasteiger partial charge in [-0.25, -0.2) is 0 Å². The molecular weight excluding hydrogens is 224 g/mol. The van der Waals surface area contributed by atoms with Crippen LogP contribution in [0.4, 0.5) is 0 Å². The van der Waals surface area contributed by atoms with E-state index in [4.69, 9.17) is 0 Å². The van der Waals surface area contributed by atoms with Gasteiger partial charge in [-0.15, -0.1) is 0 Å². The van der Waals surface area contributed by atoms with E-state index in [1.807, 2.05) is 29.1 Å². The minimum Gasteiger partial charge on any atom is -0.508 e. The molecule has 0 fully saturated rings. The van der Waals surface area contributed by atoms with Gasteiger partial charge in [0.1, 0.15) is 5.75 Å². The van der Waals surface area contributed by atoms with Gasteiger partial charge in [-0.1, -0.05) is 32.9 Å². The molecule has 1 heterocycles. The van der Waals surface area contributed by atoms with Gasteiger partial charge in [0.25, 0.3) is 0 Å². The number of phenols is 1. The standard InChI is InChI=1S/C15H20N2O/c1-4-15(12-6-5-7-14(18)8-12)17-10-13(9-16-17)11(2)3/h5-11,15,18H,4H2,1-3H3/t15-/m1/s1. The molecule has 0 amide bonds. The quantitative estimate of drug-likeness (QED) is 0.890. The van der Waals surface area contributed by atoms with E-state index in [0.29, 0.717) is 11.7 Å². The maximum atomic E-state index is 9.57. The third-order valence-electron chi connectivity index (χ3n) is 3.25. The average molecular weight is 244 g/mol. The van der Waals surface area contributed by atoms with Crippen LogP contribution in [0.15, 0.2) is 36.7 Å². The molecular formula is C15H20N2O. The topological polar surface area (TPSA) is 38.0 Å². The molecule has 0 saturated carbocycles. The van der Waals surface area contributed by atoms with Crippen LogP contribution in [0, 0.1) is 0 Å². The van der Waals surface area contributed by atoms with Crippen LogP contribution < -0.4 is 0 Å². The summed E-state index contributed by atoms with van der Waals surface area (Å²) in [4.78, 5) is 0. The van der Waals surface area contributed by atoms with Crippen molar-refractivity contribution >= 4 is 0 Å². The predicted molar refractivity (Wildman–Crippen MR) is 72.9 cm³/mol. The Balaban J connectivity index is 2.33. The van der Waals surface area contributed by atoms with E-state index >= 15 is 0 Å². The van der Waals surface area contributed by atoms with Gasteiger partial charge < -0.3 is 5.11 Å². The molecule has 0 unspecified atom stereocenters. The molecule has 1 N–H and O–H groups in total. The van der Waals surface area contributed by atoms with Crippen LogP contribution in [0.25, 0.3) is 0 Å². The molecule has 18 heavy (non-hydrogen) atoms. The maximum absolute atomic E-state index is 9.57. The van der Waals surface area contributed by atoms with Gasteiger partial charge in [0, 0.05) is 6.20 Å². The summed E-state index contributed by atoms with van der Waals surface area (Å²) in [6.45, 7) is 6.46. The van der Waals surface area contributed by atoms with Crippen LogP contribution in [-0.2, 0) is 0 Å². The molecule has 0 saturated heterocycles. The van der Waals surface area contributed by atoms with Crippen molar-refractivity contribution in [1.82, 2.24) is 9.78 Å². The number of hydrogen-bond acceptors (Lipinski definition) is 2. The molecule has 1 aromatic heterocycles. The van der Waals surface area contributed by atoms with Crippen LogP contribution in [0.2, 0.25) is 0 Å². The Kier molecular flexibility index (Phi) is 3.70. The number of phenolic OH excluding ortho intramolecular Hbond substituents is 1. The molecule has 0 aliphatic carbocycles. The summed E-state index contributed by atoms with van der Waals surface area (Å²) in [7, 11) is 0. The first-order valence-electron chi connectivity index (χ1n) is 6.44. The molecule has 2 aromatic rings. The summed E-state index contributed by atoms with van der Waals surface area (Å²) in [5, 5.41) is 14.0. The number of aromatic hydroxyl groups is 1. The summed E-state index contributed by atoms with van der Waals surface area (Å²) in [6, 6.07) is 7.60. The first kappa shape index (κ1) is 12.7. The Bertz CT molecular complexity index is 517. The van der Waals surface area contributed by atoms with Crippen molar-refractivity contribution in [3.63, 3.8) is 0 Å². The highest BCUT2D eigenvalue weighted by Crippen LogP contribution is 2.25. The second kappa shape index (κ2) is 5.25. The Morgan fingerprint density at radius 1 is 1.28 bits per heavy atom. The number of nitrogens with zero attached hydrogens (tertiary/aromatic N) is 2. The van der Waals surface area contributed by atoms with E-state index in [2.05, 4.69) is 32.1 Å². The van der Waals surface area contributed by atoms with Crippen molar-refractivity contribution < 1.29 is 5.11 Å². The summed E-state index contributed by atoms with van der Waals surface area (Å²) < 4.78 is 1.99. The fourth-order valence-corrected chi connectivity index (χ4v) is 2.13. The second-order valence-corrected chi connectivity index (χ2v) is 4.93. The fraction of sp³-hybridized carbons (Fsp3) is 0.400. The number of rotatable bonds is 4. The maximum Gasteiger partial charge on any atom is 0.115 e. The smallest absolute Gasteiger partial charge is 0.115 e. The van der Waals surface area contributed by atoms with Crippen LogP contribution >= 0.6 is 0 Å². The minimum atomic E-state index is 0.185. The van der Waals surface area contributed by atoms with Crippen LogP contribution in [-0.4, -0.2) is 14.9 Å². The van der Waals surface area contributed by atoms with Gasteiger partial charge in [-0.2, -0.15) is 5.10 Å². The van der Waals surface area contributed by atoms with E-state index in [0.717, 1.165) is 12.0 Å². The van der Waals surface area contributed by atoms with Gasteiger partial charge in [-0.3, -0.25) is 4.68 Å². The molecule has 0 aliphatic rings. The van der Waals surface area contributed by atoms with Crippen molar-refractivity contribution in [1.29, 1.82) is 0 Å². The first-order valence-corrected chi connectivity index (χ1v) is 6.44. The molecule has 2 rings (SSSR count). The third-order valence-corrected chi connectivity index (χ3v) is 3.25. The largest absolute Gasteiger partial charge is 0.508 e. The Labute approximate surface area is 108 Å². The fourth-order valence-electron chi connectivity index (χ4n) is 2.13. The molecule has 3 heteroatoms. The van der Waals surface area contributed by atoms with E-state index in [-0.39, 0.29) is 6.04 Å². The number of hydrogen-bond donors (Lipinski definition) is 1. The highest BCUT2D eigenvalue weighted by Gasteiger charge is 2.14. The monoisotopic (exact) mass is 244 g/mol. The highest BCUT2D eigenvalue weighted by atomic mass is 16.3. The lowest BCUT2D eigenvalue weighted by atomic mass is 10.0. The minimum absolute atomic E-state index is 0.185. The van der Waals surface area contributed by atoms with Crippen molar-refractivity contribution in [2.75, 3.05) is 0 Å². The van der Waals surface area contributed by atoms with E-state index in [1.165, 1.54) is 5.56 Å². The molecule has 0 bridgehead atoms. The van der Waals surface area contributed by atoms with Crippen molar-refractivity contribution in [3.05, 3.63) is 47.8 Å². The van der Waals surface area contributed by atoms with Crippen LogP contribution in [0.5, 0.6) is 5.75 Å². The second-order valence-electron chi connectivity index (χ2n) is 4.93. The van der Waals surface area contributed by atoms with Crippen molar-refractivity contribution in [2.24, 2.45) is 0 Å². The summed E-state index contributed by atoms with van der Waals surface area (Å²) in [5.41, 5.74) is 2.34. The van der Waals surface area contributed by atoms with Crippen LogP contribution in [0.3, 0.4) is 0 Å². The summed E-state index contributed by atoms with van der Waals surface area (Å²) >= 11 is 0. The Hall–Kier alpha value is -1.77. The molecule has 1 atom stereocenters. The Morgan fingerprint density at radius 2 is 2.06 bits per heavy atom. The van der Waals surface area contributed by atoms with Crippen molar-refractivity contribution in [3.8, 4) is 5.75 Å².